The fourth-order valence-electron chi connectivity index (χ4n) is 1.33. The minimum absolute atomic E-state index is 0.0726. The molecule has 0 bridgehead atoms. The lowest BCUT2D eigenvalue weighted by molar-refractivity contribution is 0.0912. The van der Waals surface area contributed by atoms with Gasteiger partial charge in [0.1, 0.15) is 0 Å². The highest BCUT2D eigenvalue weighted by Crippen LogP contribution is 2.15. The van der Waals surface area contributed by atoms with Gasteiger partial charge < -0.3 is 10.1 Å². The molecule has 1 amide bonds. The summed E-state index contributed by atoms with van der Waals surface area (Å²) < 4.78 is 6.17. The maximum absolute atomic E-state index is 11.8. The number of hydrogen-bond donors (Lipinski definition) is 1. The van der Waals surface area contributed by atoms with Gasteiger partial charge in [0, 0.05) is 17.6 Å². The van der Waals surface area contributed by atoms with Gasteiger partial charge in [0.2, 0.25) is 0 Å². The van der Waals surface area contributed by atoms with Crippen LogP contribution in [0, 0.1) is 0 Å². The van der Waals surface area contributed by atoms with Crippen molar-refractivity contribution in [1.29, 1.82) is 0 Å². The van der Waals surface area contributed by atoms with E-state index in [0.29, 0.717) is 18.7 Å². The minimum atomic E-state index is -0.0726. The van der Waals surface area contributed by atoms with Crippen LogP contribution in [0.3, 0.4) is 0 Å². The van der Waals surface area contributed by atoms with Gasteiger partial charge in [-0.3, -0.25) is 4.79 Å². The Morgan fingerprint density at radius 1 is 1.35 bits per heavy atom. The molecule has 0 saturated carbocycles. The zero-order valence-corrected chi connectivity index (χ0v) is 11.6. The normalized spacial score (nSPS) is 10.2. The van der Waals surface area contributed by atoms with Crippen LogP contribution in [0.1, 0.15) is 30.1 Å². The molecule has 3 nitrogen and oxygen atoms in total. The van der Waals surface area contributed by atoms with Crippen LogP contribution in [0.4, 0.5) is 0 Å². The average Bonchev–Trinajstić information content (AvgIpc) is 2.34. The monoisotopic (exact) mass is 299 g/mol. The van der Waals surface area contributed by atoms with Crippen LogP contribution in [-0.4, -0.2) is 25.7 Å². The van der Waals surface area contributed by atoms with E-state index in [1.165, 1.54) is 0 Å². The van der Waals surface area contributed by atoms with Gasteiger partial charge in [0.15, 0.2) is 0 Å². The number of ether oxygens (including phenoxy) is 1. The molecular formula is C13H18BrNO2. The van der Waals surface area contributed by atoms with E-state index in [-0.39, 0.29) is 5.91 Å². The number of rotatable bonds is 7. The third-order valence-corrected chi connectivity index (χ3v) is 2.98. The Kier molecular flexibility index (Phi) is 6.89. The van der Waals surface area contributed by atoms with E-state index < -0.39 is 0 Å². The second-order valence-electron chi connectivity index (χ2n) is 3.70. The van der Waals surface area contributed by atoms with Crippen LogP contribution in [0.2, 0.25) is 0 Å². The predicted octanol–water partition coefficient (Wildman–Crippen LogP) is 3.00. The van der Waals surface area contributed by atoms with Crippen LogP contribution in [-0.2, 0) is 4.74 Å². The standard InChI is InChI=1S/C13H18BrNO2/c1-2-3-9-17-10-8-15-13(16)11-6-4-5-7-12(11)14/h4-7H,2-3,8-10H2,1H3,(H,15,16). The van der Waals surface area contributed by atoms with E-state index in [1.807, 2.05) is 18.2 Å². The molecule has 1 aromatic carbocycles. The lowest BCUT2D eigenvalue weighted by Gasteiger charge is -2.07. The third-order valence-electron chi connectivity index (χ3n) is 2.29. The Labute approximate surface area is 111 Å². The van der Waals surface area contributed by atoms with Gasteiger partial charge in [-0.05, 0) is 34.5 Å². The van der Waals surface area contributed by atoms with Gasteiger partial charge in [-0.25, -0.2) is 0 Å². The molecule has 0 aliphatic heterocycles. The Balaban J connectivity index is 2.24. The molecule has 1 aromatic rings. The van der Waals surface area contributed by atoms with Crippen molar-refractivity contribution in [2.45, 2.75) is 19.8 Å². The van der Waals surface area contributed by atoms with Crippen molar-refractivity contribution in [2.24, 2.45) is 0 Å². The van der Waals surface area contributed by atoms with Crippen molar-refractivity contribution in [3.05, 3.63) is 34.3 Å². The summed E-state index contributed by atoms with van der Waals surface area (Å²) in [6, 6.07) is 7.37. The molecule has 17 heavy (non-hydrogen) atoms. The molecule has 0 unspecified atom stereocenters. The summed E-state index contributed by atoms with van der Waals surface area (Å²) in [4.78, 5) is 11.8. The van der Waals surface area contributed by atoms with E-state index in [9.17, 15) is 4.79 Å². The molecule has 1 rings (SSSR count). The van der Waals surface area contributed by atoms with E-state index in [1.54, 1.807) is 6.07 Å². The van der Waals surface area contributed by atoms with Crippen molar-refractivity contribution in [2.75, 3.05) is 19.8 Å². The Morgan fingerprint density at radius 3 is 2.82 bits per heavy atom. The number of carbonyl (C=O) groups excluding carboxylic acids is 1. The van der Waals surface area contributed by atoms with Gasteiger partial charge in [0.25, 0.3) is 5.91 Å². The fourth-order valence-corrected chi connectivity index (χ4v) is 1.79. The first-order valence-corrected chi connectivity index (χ1v) is 6.65. The average molecular weight is 300 g/mol. The molecule has 0 aliphatic rings. The molecule has 4 heteroatoms. The zero-order valence-electron chi connectivity index (χ0n) is 10.0. The Bertz CT molecular complexity index is 355. The SMILES string of the molecule is CCCCOCCNC(=O)c1ccccc1Br. The molecular weight excluding hydrogens is 282 g/mol. The van der Waals surface area contributed by atoms with Crippen LogP contribution in [0.5, 0.6) is 0 Å². The van der Waals surface area contributed by atoms with E-state index in [4.69, 9.17) is 4.74 Å². The molecule has 0 heterocycles. The van der Waals surface area contributed by atoms with Crippen LogP contribution in [0.25, 0.3) is 0 Å². The van der Waals surface area contributed by atoms with E-state index >= 15 is 0 Å². The second-order valence-corrected chi connectivity index (χ2v) is 4.56. The van der Waals surface area contributed by atoms with E-state index in [2.05, 4.69) is 28.2 Å². The highest BCUT2D eigenvalue weighted by Gasteiger charge is 2.07. The van der Waals surface area contributed by atoms with Gasteiger partial charge in [-0.15, -0.1) is 0 Å². The predicted molar refractivity (Wildman–Crippen MR) is 72.2 cm³/mol. The summed E-state index contributed by atoms with van der Waals surface area (Å²) in [5.74, 6) is -0.0726. The molecule has 0 saturated heterocycles. The van der Waals surface area contributed by atoms with Gasteiger partial charge in [0.05, 0.1) is 12.2 Å². The molecule has 0 spiro atoms. The molecule has 0 radical (unpaired) electrons. The highest BCUT2D eigenvalue weighted by molar-refractivity contribution is 9.10. The fraction of sp³-hybridized carbons (Fsp3) is 0.462. The van der Waals surface area contributed by atoms with Crippen molar-refractivity contribution >= 4 is 21.8 Å². The number of unbranched alkanes of at least 4 members (excludes halogenated alkanes) is 1. The van der Waals surface area contributed by atoms with E-state index in [0.717, 1.165) is 23.9 Å². The van der Waals surface area contributed by atoms with Crippen LogP contribution < -0.4 is 5.32 Å². The highest BCUT2D eigenvalue weighted by atomic mass is 79.9. The Hall–Kier alpha value is -0.870. The van der Waals surface area contributed by atoms with Crippen molar-refractivity contribution in [3.8, 4) is 0 Å². The van der Waals surface area contributed by atoms with Crippen LogP contribution in [0.15, 0.2) is 28.7 Å². The summed E-state index contributed by atoms with van der Waals surface area (Å²) in [6.07, 6.45) is 2.20. The van der Waals surface area contributed by atoms with Crippen molar-refractivity contribution in [1.82, 2.24) is 5.32 Å². The topological polar surface area (TPSA) is 38.3 Å². The maximum atomic E-state index is 11.8. The van der Waals surface area contributed by atoms with Gasteiger partial charge in [-0.2, -0.15) is 0 Å². The zero-order chi connectivity index (χ0) is 12.5. The summed E-state index contributed by atoms with van der Waals surface area (Å²) in [5, 5.41) is 2.82. The number of carbonyl (C=O) groups is 1. The number of hydrogen-bond acceptors (Lipinski definition) is 2. The van der Waals surface area contributed by atoms with Crippen LogP contribution >= 0.6 is 15.9 Å². The second kappa shape index (κ2) is 8.25. The summed E-state index contributed by atoms with van der Waals surface area (Å²) >= 11 is 3.35. The van der Waals surface area contributed by atoms with Crippen molar-refractivity contribution in [3.63, 3.8) is 0 Å². The smallest absolute Gasteiger partial charge is 0.252 e. The summed E-state index contributed by atoms with van der Waals surface area (Å²) in [5.41, 5.74) is 0.654. The summed E-state index contributed by atoms with van der Waals surface area (Å²) in [7, 11) is 0. The molecule has 0 aliphatic carbocycles. The lowest BCUT2D eigenvalue weighted by atomic mass is 10.2. The molecule has 0 fully saturated rings. The third kappa shape index (κ3) is 5.33. The van der Waals surface area contributed by atoms with Gasteiger partial charge >= 0.3 is 0 Å². The number of nitrogens with one attached hydrogen (secondary N) is 1. The number of amides is 1. The molecule has 94 valence electrons. The molecule has 0 aromatic heterocycles. The summed E-state index contributed by atoms with van der Waals surface area (Å²) in [6.45, 7) is 4.00. The first-order chi connectivity index (χ1) is 8.25. The van der Waals surface area contributed by atoms with Gasteiger partial charge in [-0.1, -0.05) is 25.5 Å². The largest absolute Gasteiger partial charge is 0.380 e. The first-order valence-electron chi connectivity index (χ1n) is 5.86. The number of benzene rings is 1. The maximum Gasteiger partial charge on any atom is 0.252 e. The van der Waals surface area contributed by atoms with Crippen molar-refractivity contribution < 1.29 is 9.53 Å². The molecule has 1 N–H and O–H groups in total. The number of halogens is 1. The molecule has 0 atom stereocenters. The first kappa shape index (κ1) is 14.2. The lowest BCUT2D eigenvalue weighted by Crippen LogP contribution is -2.27. The minimum Gasteiger partial charge on any atom is -0.380 e. The Morgan fingerprint density at radius 2 is 2.12 bits per heavy atom. The quantitative estimate of drug-likeness (QED) is 0.786.